The van der Waals surface area contributed by atoms with Gasteiger partial charge in [-0.25, -0.2) is 0 Å². The van der Waals surface area contributed by atoms with E-state index < -0.39 is 0 Å². The molecule has 1 aromatic rings. The van der Waals surface area contributed by atoms with Crippen LogP contribution in [0.15, 0.2) is 24.3 Å². The molecule has 0 aromatic heterocycles. The fourth-order valence-electron chi connectivity index (χ4n) is 2.46. The summed E-state index contributed by atoms with van der Waals surface area (Å²) in [4.78, 5) is 14.0. The number of amides is 1. The number of likely N-dealkylation sites (tertiary alicyclic amines) is 1. The number of benzene rings is 1. The number of nitrogens with one attached hydrogen (secondary N) is 1. The number of hydrogen-bond acceptors (Lipinski definition) is 3. The number of halogens is 1. The highest BCUT2D eigenvalue weighted by Crippen LogP contribution is 2.16. The average molecular weight is 297 g/mol. The van der Waals surface area contributed by atoms with Crippen molar-refractivity contribution in [3.05, 3.63) is 34.9 Å². The normalized spacial score (nSPS) is 23.6. The Balaban J connectivity index is 1.77. The van der Waals surface area contributed by atoms with E-state index >= 15 is 0 Å². The molecule has 0 aliphatic carbocycles. The second-order valence-corrected chi connectivity index (χ2v) is 5.84. The lowest BCUT2D eigenvalue weighted by molar-refractivity contribution is -0.123. The fourth-order valence-corrected chi connectivity index (χ4v) is 2.66. The molecule has 0 radical (unpaired) electrons. The van der Waals surface area contributed by atoms with Crippen LogP contribution >= 0.6 is 11.6 Å². The Hall–Kier alpha value is -1.10. The highest BCUT2D eigenvalue weighted by atomic mass is 35.5. The van der Waals surface area contributed by atoms with Crippen molar-refractivity contribution in [2.24, 2.45) is 5.92 Å². The topological polar surface area (TPSA) is 52.6 Å². The van der Waals surface area contributed by atoms with Gasteiger partial charge < -0.3 is 10.4 Å². The largest absolute Gasteiger partial charge is 0.393 e. The van der Waals surface area contributed by atoms with Gasteiger partial charge in [-0.15, -0.1) is 0 Å². The summed E-state index contributed by atoms with van der Waals surface area (Å²) < 4.78 is 0. The molecule has 4 nitrogen and oxygen atoms in total. The standard InChI is InChI=1S/C15H21ClN2O2/c1-11-9-18(7-6-14(11)19)10-15(20)17-8-12-4-2-3-5-13(12)16/h2-5,11,14,19H,6-10H2,1H3,(H,17,20). The molecule has 2 atom stereocenters. The molecule has 1 aliphatic rings. The minimum absolute atomic E-state index is 0.00601. The van der Waals surface area contributed by atoms with Gasteiger partial charge in [0.25, 0.3) is 0 Å². The summed E-state index contributed by atoms with van der Waals surface area (Å²) in [5.41, 5.74) is 0.921. The van der Waals surface area contributed by atoms with E-state index in [0.717, 1.165) is 25.1 Å². The summed E-state index contributed by atoms with van der Waals surface area (Å²) in [6, 6.07) is 7.49. The van der Waals surface area contributed by atoms with Crippen LogP contribution in [-0.2, 0) is 11.3 Å². The van der Waals surface area contributed by atoms with Gasteiger partial charge in [-0.2, -0.15) is 0 Å². The zero-order valence-electron chi connectivity index (χ0n) is 11.7. The first-order chi connectivity index (χ1) is 9.56. The van der Waals surface area contributed by atoms with Gasteiger partial charge in [0.2, 0.25) is 5.91 Å². The number of hydrogen-bond donors (Lipinski definition) is 2. The molecule has 0 bridgehead atoms. The number of piperidine rings is 1. The molecule has 0 saturated carbocycles. The van der Waals surface area contributed by atoms with Crippen LogP contribution in [0.5, 0.6) is 0 Å². The third kappa shape index (κ3) is 4.20. The highest BCUT2D eigenvalue weighted by molar-refractivity contribution is 6.31. The smallest absolute Gasteiger partial charge is 0.234 e. The maximum absolute atomic E-state index is 11.9. The van der Waals surface area contributed by atoms with Crippen LogP contribution in [0.25, 0.3) is 0 Å². The molecule has 2 rings (SSSR count). The molecule has 1 fully saturated rings. The molecule has 1 aromatic carbocycles. The molecule has 5 heteroatoms. The van der Waals surface area contributed by atoms with Gasteiger partial charge in [-0.1, -0.05) is 36.7 Å². The molecule has 110 valence electrons. The van der Waals surface area contributed by atoms with Crippen molar-refractivity contribution in [1.82, 2.24) is 10.2 Å². The first-order valence-electron chi connectivity index (χ1n) is 6.97. The van der Waals surface area contributed by atoms with E-state index in [-0.39, 0.29) is 17.9 Å². The van der Waals surface area contributed by atoms with E-state index in [2.05, 4.69) is 10.2 Å². The van der Waals surface area contributed by atoms with Gasteiger partial charge in [0, 0.05) is 24.7 Å². The second kappa shape index (κ2) is 7.07. The molecule has 1 saturated heterocycles. The molecule has 20 heavy (non-hydrogen) atoms. The second-order valence-electron chi connectivity index (χ2n) is 5.44. The maximum atomic E-state index is 11.9. The van der Waals surface area contributed by atoms with E-state index in [9.17, 15) is 9.90 Å². The van der Waals surface area contributed by atoms with Gasteiger partial charge in [0.05, 0.1) is 12.6 Å². The summed E-state index contributed by atoms with van der Waals surface area (Å²) in [6.45, 7) is 4.37. The predicted octanol–water partition coefficient (Wildman–Crippen LogP) is 1.66. The van der Waals surface area contributed by atoms with Crippen molar-refractivity contribution in [2.75, 3.05) is 19.6 Å². The number of rotatable bonds is 4. The Morgan fingerprint density at radius 2 is 2.25 bits per heavy atom. The lowest BCUT2D eigenvalue weighted by Gasteiger charge is -2.33. The summed E-state index contributed by atoms with van der Waals surface area (Å²) in [5, 5.41) is 13.2. The van der Waals surface area contributed by atoms with Gasteiger partial charge in [-0.05, 0) is 24.0 Å². The van der Waals surface area contributed by atoms with E-state index in [1.165, 1.54) is 0 Å². The van der Waals surface area contributed by atoms with Crippen LogP contribution in [0.3, 0.4) is 0 Å². The van der Waals surface area contributed by atoms with Crippen molar-refractivity contribution < 1.29 is 9.90 Å². The van der Waals surface area contributed by atoms with Crippen molar-refractivity contribution in [3.63, 3.8) is 0 Å². The Morgan fingerprint density at radius 1 is 1.50 bits per heavy atom. The summed E-state index contributed by atoms with van der Waals surface area (Å²) in [7, 11) is 0. The van der Waals surface area contributed by atoms with Gasteiger partial charge >= 0.3 is 0 Å². The van der Waals surface area contributed by atoms with Crippen LogP contribution in [0, 0.1) is 5.92 Å². The predicted molar refractivity (Wildman–Crippen MR) is 79.5 cm³/mol. The zero-order valence-corrected chi connectivity index (χ0v) is 12.4. The van der Waals surface area contributed by atoms with E-state index in [4.69, 9.17) is 11.6 Å². The number of aliphatic hydroxyl groups is 1. The Labute approximate surface area is 124 Å². The van der Waals surface area contributed by atoms with Gasteiger partial charge in [0.1, 0.15) is 0 Å². The SMILES string of the molecule is CC1CN(CC(=O)NCc2ccccc2Cl)CCC1O. The molecule has 2 unspecified atom stereocenters. The monoisotopic (exact) mass is 296 g/mol. The zero-order chi connectivity index (χ0) is 14.5. The highest BCUT2D eigenvalue weighted by Gasteiger charge is 2.25. The van der Waals surface area contributed by atoms with Crippen LogP contribution < -0.4 is 5.32 Å². The van der Waals surface area contributed by atoms with Gasteiger partial charge in [0.15, 0.2) is 0 Å². The Bertz CT molecular complexity index is 467. The molecular weight excluding hydrogens is 276 g/mol. The maximum Gasteiger partial charge on any atom is 0.234 e. The third-order valence-corrected chi connectivity index (χ3v) is 4.11. The lowest BCUT2D eigenvalue weighted by Crippen LogP contribution is -2.46. The van der Waals surface area contributed by atoms with E-state index in [1.54, 1.807) is 0 Å². The van der Waals surface area contributed by atoms with Crippen molar-refractivity contribution in [1.29, 1.82) is 0 Å². The fraction of sp³-hybridized carbons (Fsp3) is 0.533. The first-order valence-corrected chi connectivity index (χ1v) is 7.34. The van der Waals surface area contributed by atoms with Crippen LogP contribution in [0.4, 0.5) is 0 Å². The summed E-state index contributed by atoms with van der Waals surface area (Å²) in [5.74, 6) is 0.216. The number of carbonyl (C=O) groups excluding carboxylic acids is 1. The summed E-state index contributed by atoms with van der Waals surface area (Å²) >= 11 is 6.05. The first kappa shape index (κ1) is 15.3. The molecule has 0 spiro atoms. The van der Waals surface area contributed by atoms with Crippen LogP contribution in [0.2, 0.25) is 5.02 Å². The van der Waals surface area contributed by atoms with Crippen molar-refractivity contribution in [2.45, 2.75) is 26.0 Å². The number of nitrogens with zero attached hydrogens (tertiary/aromatic N) is 1. The molecule has 1 heterocycles. The summed E-state index contributed by atoms with van der Waals surface area (Å²) in [6.07, 6.45) is 0.497. The third-order valence-electron chi connectivity index (χ3n) is 3.75. The molecular formula is C15H21ClN2O2. The molecule has 1 aliphatic heterocycles. The Morgan fingerprint density at radius 3 is 2.95 bits per heavy atom. The van der Waals surface area contributed by atoms with E-state index in [0.29, 0.717) is 18.1 Å². The van der Waals surface area contributed by atoms with Crippen molar-refractivity contribution in [3.8, 4) is 0 Å². The van der Waals surface area contributed by atoms with Gasteiger partial charge in [-0.3, -0.25) is 9.69 Å². The van der Waals surface area contributed by atoms with Crippen LogP contribution in [0.1, 0.15) is 18.9 Å². The molecule has 1 amide bonds. The van der Waals surface area contributed by atoms with E-state index in [1.807, 2.05) is 31.2 Å². The minimum Gasteiger partial charge on any atom is -0.393 e. The number of carbonyl (C=O) groups is 1. The molecule has 2 N–H and O–H groups in total. The average Bonchev–Trinajstić information content (AvgIpc) is 2.42. The number of aliphatic hydroxyl groups excluding tert-OH is 1. The Kier molecular flexibility index (Phi) is 5.40. The van der Waals surface area contributed by atoms with Crippen molar-refractivity contribution >= 4 is 17.5 Å². The quantitative estimate of drug-likeness (QED) is 0.888. The minimum atomic E-state index is -0.238. The lowest BCUT2D eigenvalue weighted by atomic mass is 9.97. The van der Waals surface area contributed by atoms with Crippen LogP contribution in [-0.4, -0.2) is 41.7 Å².